The lowest BCUT2D eigenvalue weighted by molar-refractivity contribution is -0.128. The van der Waals surface area contributed by atoms with Crippen LogP contribution in [0.3, 0.4) is 0 Å². The van der Waals surface area contributed by atoms with Crippen LogP contribution in [0.15, 0.2) is 66.9 Å². The van der Waals surface area contributed by atoms with Crippen molar-refractivity contribution in [2.24, 2.45) is 11.8 Å². The summed E-state index contributed by atoms with van der Waals surface area (Å²) in [7, 11) is 0. The molecular formula is C30H23N3O7. The van der Waals surface area contributed by atoms with Crippen LogP contribution in [0.4, 0.5) is 11.4 Å². The smallest absolute Gasteiger partial charge is 0.247 e. The van der Waals surface area contributed by atoms with Crippen LogP contribution in [0.25, 0.3) is 6.08 Å². The van der Waals surface area contributed by atoms with Crippen LogP contribution in [0.1, 0.15) is 17.2 Å². The summed E-state index contributed by atoms with van der Waals surface area (Å²) in [4.78, 5) is 45.2. The zero-order valence-electron chi connectivity index (χ0n) is 21.1. The molecule has 0 aliphatic carbocycles. The van der Waals surface area contributed by atoms with Gasteiger partial charge in [-0.15, -0.1) is 0 Å². The van der Waals surface area contributed by atoms with Gasteiger partial charge in [0.05, 0.1) is 23.6 Å². The van der Waals surface area contributed by atoms with Gasteiger partial charge in [-0.05, 0) is 41.5 Å². The maximum absolute atomic E-state index is 14.1. The van der Waals surface area contributed by atoms with Gasteiger partial charge in [-0.3, -0.25) is 14.4 Å². The molecule has 0 spiro atoms. The highest BCUT2D eigenvalue weighted by molar-refractivity contribution is 6.24. The minimum absolute atomic E-state index is 0.116. The monoisotopic (exact) mass is 537 g/mol. The molecule has 10 heteroatoms. The lowest BCUT2D eigenvalue weighted by Gasteiger charge is -2.35. The van der Waals surface area contributed by atoms with E-state index in [1.807, 2.05) is 41.4 Å². The van der Waals surface area contributed by atoms with Gasteiger partial charge in [-0.1, -0.05) is 24.3 Å². The predicted molar refractivity (Wildman–Crippen MR) is 142 cm³/mol. The topological polar surface area (TPSA) is 107 Å². The van der Waals surface area contributed by atoms with Crippen LogP contribution in [0.2, 0.25) is 0 Å². The van der Waals surface area contributed by atoms with Crippen LogP contribution >= 0.6 is 0 Å². The summed E-state index contributed by atoms with van der Waals surface area (Å²) in [6.07, 6.45) is 3.74. The average molecular weight is 538 g/mol. The van der Waals surface area contributed by atoms with Crippen molar-refractivity contribution in [3.05, 3.63) is 78.0 Å². The molecule has 5 aliphatic heterocycles. The Labute approximate surface area is 228 Å². The lowest BCUT2D eigenvalue weighted by atomic mass is 9.84. The molecular weight excluding hydrogens is 514 g/mol. The molecule has 5 heterocycles. The highest BCUT2D eigenvalue weighted by Gasteiger charge is 2.64. The Bertz CT molecular complexity index is 1640. The number of rotatable bonds is 3. The summed E-state index contributed by atoms with van der Waals surface area (Å²) in [5.41, 5.74) is 2.77. The lowest BCUT2D eigenvalue weighted by Crippen LogP contribution is -2.46. The van der Waals surface area contributed by atoms with Crippen molar-refractivity contribution in [3.63, 3.8) is 0 Å². The van der Waals surface area contributed by atoms with Crippen LogP contribution in [-0.4, -0.2) is 48.7 Å². The molecule has 3 aromatic carbocycles. The second kappa shape index (κ2) is 8.51. The fraction of sp³-hybridized carbons (Fsp3) is 0.233. The summed E-state index contributed by atoms with van der Waals surface area (Å²) in [6.45, 7) is 0.930. The van der Waals surface area contributed by atoms with E-state index in [1.54, 1.807) is 36.4 Å². The molecule has 0 radical (unpaired) electrons. The molecule has 0 unspecified atom stereocenters. The maximum Gasteiger partial charge on any atom is 0.247 e. The molecule has 3 amide bonds. The molecule has 3 aromatic rings. The first kappa shape index (κ1) is 22.9. The van der Waals surface area contributed by atoms with Crippen molar-refractivity contribution in [2.75, 3.05) is 30.2 Å². The number of nitrogens with zero attached hydrogens (tertiary/aromatic N) is 2. The van der Waals surface area contributed by atoms with E-state index in [-0.39, 0.29) is 18.6 Å². The first-order valence-electron chi connectivity index (χ1n) is 13.1. The number of carbonyl (C=O) groups is 3. The number of carbonyl (C=O) groups excluding carboxylic acids is 3. The Morgan fingerprint density at radius 1 is 0.800 bits per heavy atom. The highest BCUT2D eigenvalue weighted by atomic mass is 16.7. The van der Waals surface area contributed by atoms with Gasteiger partial charge < -0.3 is 29.2 Å². The molecule has 5 aliphatic rings. The number of amides is 3. The quantitative estimate of drug-likeness (QED) is 0.507. The number of hydrogen-bond donors (Lipinski definition) is 1. The number of fused-ring (bicyclic) bond motifs is 7. The highest BCUT2D eigenvalue weighted by Crippen LogP contribution is 2.53. The van der Waals surface area contributed by atoms with E-state index >= 15 is 0 Å². The van der Waals surface area contributed by atoms with Gasteiger partial charge in [-0.25, -0.2) is 4.90 Å². The Morgan fingerprint density at radius 2 is 1.52 bits per heavy atom. The molecule has 4 atom stereocenters. The van der Waals surface area contributed by atoms with Crippen LogP contribution in [0, 0.1) is 11.8 Å². The molecule has 8 rings (SSSR count). The Morgan fingerprint density at radius 3 is 2.42 bits per heavy atom. The van der Waals surface area contributed by atoms with Gasteiger partial charge in [0.1, 0.15) is 19.3 Å². The third kappa shape index (κ3) is 3.25. The maximum atomic E-state index is 14.1. The zero-order chi connectivity index (χ0) is 27.0. The molecule has 2 saturated heterocycles. The third-order valence-electron chi connectivity index (χ3n) is 8.15. The Kier molecular flexibility index (Phi) is 4.88. The van der Waals surface area contributed by atoms with E-state index in [0.29, 0.717) is 47.6 Å². The van der Waals surface area contributed by atoms with Crippen LogP contribution in [0.5, 0.6) is 23.0 Å². The summed E-state index contributed by atoms with van der Waals surface area (Å²) in [5.74, 6) is -0.618. The van der Waals surface area contributed by atoms with Crippen LogP contribution in [-0.2, 0) is 14.4 Å². The molecule has 0 bridgehead atoms. The van der Waals surface area contributed by atoms with Gasteiger partial charge in [-0.2, -0.15) is 0 Å². The number of hydrogen-bond acceptors (Lipinski definition) is 8. The summed E-state index contributed by atoms with van der Waals surface area (Å²) < 4.78 is 22.1. The standard InChI is InChI=1S/C30H23N3O7/c34-28(31-17-5-7-21-22(13-17)40-15-39-21)27-25-24(26-19-4-2-1-3-16(19)9-10-32(26)27)29(35)33(30(25)36)18-6-8-20-23(14-18)38-12-11-37-20/h1-10,13-14,24-27H,11-12,15H2,(H,31,34)/t24-,25-,26-,27+/m1/s1. The molecule has 0 saturated carbocycles. The molecule has 200 valence electrons. The van der Waals surface area contributed by atoms with Crippen molar-refractivity contribution < 1.29 is 33.3 Å². The fourth-order valence-corrected chi connectivity index (χ4v) is 6.47. The Balaban J connectivity index is 1.19. The summed E-state index contributed by atoms with van der Waals surface area (Å²) in [5, 5.41) is 2.95. The SMILES string of the molecule is O=C(Nc1ccc2c(c1)OCO2)[C@@H]1[C@@H]2C(=O)N(c3ccc4c(c3)OCCO4)C(=O)[C@H]2[C@H]2c3ccccc3C=CN12. The summed E-state index contributed by atoms with van der Waals surface area (Å²) >= 11 is 0. The molecule has 2 fully saturated rings. The van der Waals surface area contributed by atoms with Gasteiger partial charge in [0.2, 0.25) is 24.5 Å². The number of benzene rings is 3. The third-order valence-corrected chi connectivity index (χ3v) is 8.15. The van der Waals surface area contributed by atoms with Crippen molar-refractivity contribution in [2.45, 2.75) is 12.1 Å². The number of anilines is 2. The van der Waals surface area contributed by atoms with E-state index in [0.717, 1.165) is 11.1 Å². The normalized spacial score (nSPS) is 25.0. The van der Waals surface area contributed by atoms with E-state index in [2.05, 4.69) is 5.32 Å². The second-order valence-electron chi connectivity index (χ2n) is 10.2. The fourth-order valence-electron chi connectivity index (χ4n) is 6.47. The van der Waals surface area contributed by atoms with Gasteiger partial charge in [0.15, 0.2) is 23.0 Å². The minimum Gasteiger partial charge on any atom is -0.486 e. The van der Waals surface area contributed by atoms with E-state index in [4.69, 9.17) is 18.9 Å². The predicted octanol–water partition coefficient (Wildman–Crippen LogP) is 3.34. The van der Waals surface area contributed by atoms with E-state index in [9.17, 15) is 14.4 Å². The van der Waals surface area contributed by atoms with Crippen molar-refractivity contribution in [1.29, 1.82) is 0 Å². The molecule has 1 N–H and O–H groups in total. The molecule has 10 nitrogen and oxygen atoms in total. The number of nitrogens with one attached hydrogen (secondary N) is 1. The largest absolute Gasteiger partial charge is 0.486 e. The first-order valence-corrected chi connectivity index (χ1v) is 13.1. The summed E-state index contributed by atoms with van der Waals surface area (Å²) in [6, 6.07) is 16.5. The Hall–Kier alpha value is -4.99. The van der Waals surface area contributed by atoms with Crippen molar-refractivity contribution >= 4 is 35.2 Å². The second-order valence-corrected chi connectivity index (χ2v) is 10.2. The van der Waals surface area contributed by atoms with Crippen LogP contribution < -0.4 is 29.2 Å². The minimum atomic E-state index is -0.913. The van der Waals surface area contributed by atoms with Crippen molar-refractivity contribution in [1.82, 2.24) is 4.90 Å². The first-order chi connectivity index (χ1) is 19.6. The number of ether oxygens (including phenoxy) is 4. The van der Waals surface area contributed by atoms with E-state index in [1.165, 1.54) is 4.90 Å². The van der Waals surface area contributed by atoms with Crippen molar-refractivity contribution in [3.8, 4) is 23.0 Å². The van der Waals surface area contributed by atoms with Gasteiger partial charge in [0.25, 0.3) is 0 Å². The molecule has 40 heavy (non-hydrogen) atoms. The molecule has 0 aromatic heterocycles. The van der Waals surface area contributed by atoms with Gasteiger partial charge >= 0.3 is 0 Å². The van der Waals surface area contributed by atoms with E-state index < -0.39 is 29.8 Å². The van der Waals surface area contributed by atoms with Gasteiger partial charge in [0, 0.05) is 24.0 Å². The average Bonchev–Trinajstić information content (AvgIpc) is 3.65. The number of imide groups is 1. The zero-order valence-corrected chi connectivity index (χ0v) is 21.1.